The number of piperidine rings is 1. The monoisotopic (exact) mass is 384 g/mol. The van der Waals surface area contributed by atoms with Gasteiger partial charge in [-0.3, -0.25) is 4.79 Å². The average molecular weight is 385 g/mol. The van der Waals surface area contributed by atoms with Crippen molar-refractivity contribution >= 4 is 23.4 Å². The lowest BCUT2D eigenvalue weighted by atomic mass is 10.1. The zero-order chi connectivity index (χ0) is 19.1. The summed E-state index contributed by atoms with van der Waals surface area (Å²) in [7, 11) is 1.65. The second-order valence-corrected chi connectivity index (χ2v) is 8.28. The van der Waals surface area contributed by atoms with Crippen LogP contribution in [0.15, 0.2) is 53.4 Å². The van der Waals surface area contributed by atoms with E-state index in [2.05, 4.69) is 34.5 Å². The topological polar surface area (TPSA) is 41.6 Å². The molecule has 27 heavy (non-hydrogen) atoms. The fourth-order valence-electron chi connectivity index (χ4n) is 3.22. The summed E-state index contributed by atoms with van der Waals surface area (Å²) in [5, 5.41) is 2.90. The van der Waals surface area contributed by atoms with E-state index in [-0.39, 0.29) is 11.2 Å². The molecule has 0 spiro atoms. The molecule has 2 aromatic carbocycles. The van der Waals surface area contributed by atoms with Crippen molar-refractivity contribution in [3.05, 3.63) is 54.1 Å². The number of methoxy groups -OCH3 is 1. The highest BCUT2D eigenvalue weighted by Crippen LogP contribution is 2.25. The Hall–Kier alpha value is -2.14. The predicted molar refractivity (Wildman–Crippen MR) is 113 cm³/mol. The van der Waals surface area contributed by atoms with E-state index in [1.165, 1.54) is 24.9 Å². The molecule has 2 aromatic rings. The molecule has 4 nitrogen and oxygen atoms in total. The van der Waals surface area contributed by atoms with Crippen molar-refractivity contribution in [2.45, 2.75) is 42.9 Å². The Morgan fingerprint density at radius 3 is 2.37 bits per heavy atom. The molecule has 0 aliphatic carbocycles. The van der Waals surface area contributed by atoms with Crippen LogP contribution in [0.4, 0.5) is 5.69 Å². The molecule has 0 bridgehead atoms. The van der Waals surface area contributed by atoms with Gasteiger partial charge >= 0.3 is 0 Å². The lowest BCUT2D eigenvalue weighted by Crippen LogP contribution is -2.30. The van der Waals surface area contributed by atoms with Gasteiger partial charge in [-0.2, -0.15) is 0 Å². The minimum atomic E-state index is -0.147. The summed E-state index contributed by atoms with van der Waals surface area (Å²) >= 11 is 1.55. The van der Waals surface area contributed by atoms with Gasteiger partial charge in [0.25, 0.3) is 0 Å². The number of carbonyl (C=O) groups excluding carboxylic acids is 1. The number of carbonyl (C=O) groups is 1. The fourth-order valence-corrected chi connectivity index (χ4v) is 4.11. The second-order valence-electron chi connectivity index (χ2n) is 6.87. The number of amides is 1. The number of ether oxygens (including phenoxy) is 1. The molecule has 1 aliphatic rings. The van der Waals surface area contributed by atoms with E-state index < -0.39 is 0 Å². The maximum absolute atomic E-state index is 12.4. The fraction of sp³-hybridized carbons (Fsp3) is 0.409. The summed E-state index contributed by atoms with van der Waals surface area (Å²) in [4.78, 5) is 15.9. The van der Waals surface area contributed by atoms with Gasteiger partial charge in [-0.15, -0.1) is 11.8 Å². The van der Waals surface area contributed by atoms with Crippen molar-refractivity contribution in [3.8, 4) is 5.75 Å². The van der Waals surface area contributed by atoms with Gasteiger partial charge in [-0.05, 0) is 68.1 Å². The van der Waals surface area contributed by atoms with E-state index in [0.29, 0.717) is 6.54 Å². The molecule has 0 radical (unpaired) electrons. The van der Waals surface area contributed by atoms with Gasteiger partial charge in [-0.1, -0.05) is 12.1 Å². The van der Waals surface area contributed by atoms with Gasteiger partial charge in [0.05, 0.1) is 12.4 Å². The minimum Gasteiger partial charge on any atom is -0.497 e. The van der Waals surface area contributed by atoms with E-state index in [9.17, 15) is 4.79 Å². The molecule has 1 fully saturated rings. The Morgan fingerprint density at radius 2 is 1.74 bits per heavy atom. The molecule has 1 saturated heterocycles. The first-order valence-electron chi connectivity index (χ1n) is 9.58. The Kier molecular flexibility index (Phi) is 7.04. The lowest BCUT2D eigenvalue weighted by molar-refractivity contribution is -0.120. The van der Waals surface area contributed by atoms with Crippen molar-refractivity contribution in [2.75, 3.05) is 25.1 Å². The first kappa shape index (κ1) is 19.6. The number of hydrogen-bond donors (Lipinski definition) is 1. The van der Waals surface area contributed by atoms with Crippen molar-refractivity contribution in [1.29, 1.82) is 0 Å². The first-order valence-corrected chi connectivity index (χ1v) is 10.5. The van der Waals surface area contributed by atoms with Crippen molar-refractivity contribution in [2.24, 2.45) is 0 Å². The van der Waals surface area contributed by atoms with Crippen molar-refractivity contribution < 1.29 is 9.53 Å². The van der Waals surface area contributed by atoms with Gasteiger partial charge in [0.1, 0.15) is 5.75 Å². The molecule has 1 amide bonds. The maximum Gasteiger partial charge on any atom is 0.233 e. The van der Waals surface area contributed by atoms with Crippen LogP contribution in [0, 0.1) is 0 Å². The molecule has 1 aliphatic heterocycles. The number of nitrogens with one attached hydrogen (secondary N) is 1. The Morgan fingerprint density at radius 1 is 1.07 bits per heavy atom. The Labute approximate surface area is 166 Å². The van der Waals surface area contributed by atoms with Crippen LogP contribution in [-0.4, -0.2) is 31.4 Å². The molecule has 1 atom stereocenters. The molecule has 144 valence electrons. The molecule has 0 saturated carbocycles. The third-order valence-electron chi connectivity index (χ3n) is 4.87. The number of benzene rings is 2. The highest BCUT2D eigenvalue weighted by molar-refractivity contribution is 8.00. The maximum atomic E-state index is 12.4. The van der Waals surface area contributed by atoms with E-state index in [0.717, 1.165) is 29.3 Å². The summed E-state index contributed by atoms with van der Waals surface area (Å²) < 4.78 is 5.16. The average Bonchev–Trinajstić information content (AvgIpc) is 2.73. The SMILES string of the molecule is COc1ccc(S[C@@H](C)C(=O)NCc2ccc(N3CCCCC3)cc2)cc1. The normalized spacial score (nSPS) is 15.3. The Bertz CT molecular complexity index is 725. The van der Waals surface area contributed by atoms with Crippen LogP contribution < -0.4 is 15.0 Å². The number of nitrogens with zero attached hydrogens (tertiary/aromatic N) is 1. The van der Waals surface area contributed by atoms with Crippen molar-refractivity contribution in [1.82, 2.24) is 5.32 Å². The molecule has 1 N–H and O–H groups in total. The highest BCUT2D eigenvalue weighted by Gasteiger charge is 2.14. The third kappa shape index (κ3) is 5.67. The third-order valence-corrected chi connectivity index (χ3v) is 5.98. The molecule has 3 rings (SSSR count). The zero-order valence-electron chi connectivity index (χ0n) is 16.1. The molecule has 0 aromatic heterocycles. The van der Waals surface area contributed by atoms with Crippen LogP contribution in [0.3, 0.4) is 0 Å². The zero-order valence-corrected chi connectivity index (χ0v) is 16.9. The van der Waals surface area contributed by atoms with Crippen LogP contribution >= 0.6 is 11.8 Å². The van der Waals surface area contributed by atoms with Crippen LogP contribution in [0.5, 0.6) is 5.75 Å². The molecular formula is C22H28N2O2S. The summed E-state index contributed by atoms with van der Waals surface area (Å²) in [6, 6.07) is 16.4. The van der Waals surface area contributed by atoms with Gasteiger partial charge in [0.2, 0.25) is 5.91 Å². The molecular weight excluding hydrogens is 356 g/mol. The van der Waals surface area contributed by atoms with Crippen LogP contribution in [0.1, 0.15) is 31.7 Å². The lowest BCUT2D eigenvalue weighted by Gasteiger charge is -2.28. The summed E-state index contributed by atoms with van der Waals surface area (Å²) in [5.41, 5.74) is 2.42. The smallest absolute Gasteiger partial charge is 0.233 e. The summed E-state index contributed by atoms with van der Waals surface area (Å²) in [6.07, 6.45) is 3.90. The second kappa shape index (κ2) is 9.70. The van der Waals surface area contributed by atoms with E-state index in [1.54, 1.807) is 18.9 Å². The number of hydrogen-bond acceptors (Lipinski definition) is 4. The summed E-state index contributed by atoms with van der Waals surface area (Å²) in [5.74, 6) is 0.875. The predicted octanol–water partition coefficient (Wildman–Crippen LogP) is 4.48. The molecule has 1 heterocycles. The van der Waals surface area contributed by atoms with Gasteiger partial charge in [0.15, 0.2) is 0 Å². The van der Waals surface area contributed by atoms with E-state index >= 15 is 0 Å². The number of thioether (sulfide) groups is 1. The number of rotatable bonds is 7. The van der Waals surface area contributed by atoms with Crippen LogP contribution in [0.25, 0.3) is 0 Å². The highest BCUT2D eigenvalue weighted by atomic mass is 32.2. The first-order chi connectivity index (χ1) is 13.2. The standard InChI is InChI=1S/C22H28N2O2S/c1-17(27-21-12-10-20(26-2)11-13-21)22(25)23-16-18-6-8-19(9-7-18)24-14-4-3-5-15-24/h6-13,17H,3-5,14-16H2,1-2H3,(H,23,25)/t17-/m0/s1. The van der Waals surface area contributed by atoms with E-state index in [4.69, 9.17) is 4.74 Å². The minimum absolute atomic E-state index is 0.0518. The summed E-state index contributed by atoms with van der Waals surface area (Å²) in [6.45, 7) is 4.79. The molecule has 0 unspecified atom stereocenters. The van der Waals surface area contributed by atoms with Gasteiger partial charge in [0, 0.05) is 30.2 Å². The van der Waals surface area contributed by atoms with Gasteiger partial charge < -0.3 is 15.0 Å². The van der Waals surface area contributed by atoms with Gasteiger partial charge in [-0.25, -0.2) is 0 Å². The quantitative estimate of drug-likeness (QED) is 0.715. The van der Waals surface area contributed by atoms with Crippen LogP contribution in [0.2, 0.25) is 0 Å². The number of anilines is 1. The van der Waals surface area contributed by atoms with Crippen molar-refractivity contribution in [3.63, 3.8) is 0 Å². The Balaban J connectivity index is 1.47. The van der Waals surface area contributed by atoms with E-state index in [1.807, 2.05) is 31.2 Å². The largest absolute Gasteiger partial charge is 0.497 e. The molecule has 5 heteroatoms. The van der Waals surface area contributed by atoms with Crippen LogP contribution in [-0.2, 0) is 11.3 Å².